The molecule has 0 aliphatic carbocycles. The van der Waals surface area contributed by atoms with Gasteiger partial charge in [0.1, 0.15) is 5.40 Å². The first-order chi connectivity index (χ1) is 16.9. The molecular weight excluding hydrogens is 492 g/mol. The van der Waals surface area contributed by atoms with E-state index in [0.29, 0.717) is 13.0 Å². The summed E-state index contributed by atoms with van der Waals surface area (Å²) in [5.74, 6) is -4.57. The smallest absolute Gasteiger partial charge is 0.317 e. The van der Waals surface area contributed by atoms with Crippen LogP contribution in [0.1, 0.15) is 19.4 Å². The van der Waals surface area contributed by atoms with Crippen molar-refractivity contribution >= 4 is 35.6 Å². The van der Waals surface area contributed by atoms with Gasteiger partial charge in [0.25, 0.3) is 0 Å². The van der Waals surface area contributed by atoms with Crippen molar-refractivity contribution in [1.29, 1.82) is 5.26 Å². The molecule has 0 fully saturated rings. The van der Waals surface area contributed by atoms with Crippen LogP contribution in [-0.2, 0) is 25.6 Å². The zero-order valence-corrected chi connectivity index (χ0v) is 21.1. The maximum absolute atomic E-state index is 11.6. The van der Waals surface area contributed by atoms with Crippen LogP contribution in [0, 0.1) is 10.7 Å². The Morgan fingerprint density at radius 1 is 0.861 bits per heavy atom. The van der Waals surface area contributed by atoms with Gasteiger partial charge in [-0.15, -0.1) is 0 Å². The molecule has 1 rings (SSSR count). The minimum absolute atomic E-state index is 0.0612. The van der Waals surface area contributed by atoms with Crippen LogP contribution in [0.5, 0.6) is 0 Å². The van der Waals surface area contributed by atoms with Gasteiger partial charge in [-0.05, 0) is 49.3 Å². The van der Waals surface area contributed by atoms with Crippen molar-refractivity contribution in [2.24, 2.45) is 0 Å². The summed E-state index contributed by atoms with van der Waals surface area (Å²) in [6.07, 6.45) is 0.400. The number of hydrogen-bond donors (Lipinski definition) is 4. The largest absolute Gasteiger partial charge is 0.480 e. The van der Waals surface area contributed by atoms with Crippen molar-refractivity contribution in [2.75, 3.05) is 45.8 Å². The molecule has 1 aromatic carbocycles. The number of aliphatic carboxylic acids is 4. The summed E-state index contributed by atoms with van der Waals surface area (Å²) in [6, 6.07) is 6.20. The van der Waals surface area contributed by atoms with Gasteiger partial charge >= 0.3 is 23.9 Å². The van der Waals surface area contributed by atoms with E-state index in [-0.39, 0.29) is 19.6 Å². The fourth-order valence-corrected chi connectivity index (χ4v) is 4.28. The van der Waals surface area contributed by atoms with Crippen molar-refractivity contribution in [3.8, 4) is 5.40 Å². The van der Waals surface area contributed by atoms with Gasteiger partial charge in [-0.25, -0.2) is 0 Å². The quantitative estimate of drug-likeness (QED) is 0.157. The summed E-state index contributed by atoms with van der Waals surface area (Å²) in [4.78, 5) is 50.8. The number of rotatable bonds is 18. The zero-order valence-electron chi connectivity index (χ0n) is 20.2. The molecule has 1 aromatic rings. The monoisotopic (exact) mass is 524 g/mol. The topological polar surface area (TPSA) is 183 Å². The molecule has 0 aliphatic heterocycles. The number of carboxylic acids is 4. The van der Waals surface area contributed by atoms with E-state index in [1.54, 1.807) is 35.8 Å². The summed E-state index contributed by atoms with van der Waals surface area (Å²) in [5.41, 5.74) is 0.868. The number of nitrogens with zero attached hydrogens (tertiary/aromatic N) is 4. The lowest BCUT2D eigenvalue weighted by Crippen LogP contribution is -2.52. The third kappa shape index (κ3) is 12.0. The first kappa shape index (κ1) is 30.9. The van der Waals surface area contributed by atoms with E-state index in [2.05, 4.69) is 0 Å². The van der Waals surface area contributed by atoms with E-state index in [0.717, 1.165) is 22.2 Å². The molecule has 0 bridgehead atoms. The van der Waals surface area contributed by atoms with E-state index < -0.39 is 55.6 Å². The Kier molecular flexibility index (Phi) is 13.5. The van der Waals surface area contributed by atoms with Crippen LogP contribution in [0.15, 0.2) is 29.2 Å². The van der Waals surface area contributed by atoms with Crippen molar-refractivity contribution in [2.45, 2.75) is 37.2 Å². The number of carbonyl (C=O) groups is 4. The second-order valence-corrected chi connectivity index (χ2v) is 9.14. The highest BCUT2D eigenvalue weighted by atomic mass is 32.2. The second kappa shape index (κ2) is 15.7. The highest BCUT2D eigenvalue weighted by Gasteiger charge is 2.27. The van der Waals surface area contributed by atoms with Crippen LogP contribution in [0.25, 0.3) is 0 Å². The zero-order chi connectivity index (χ0) is 27.3. The number of carboxylic acid groups (broad SMARTS) is 4. The lowest BCUT2D eigenvalue weighted by Gasteiger charge is -2.36. The molecule has 0 heterocycles. The molecule has 36 heavy (non-hydrogen) atoms. The van der Waals surface area contributed by atoms with Crippen molar-refractivity contribution < 1.29 is 39.6 Å². The molecule has 0 spiro atoms. The Morgan fingerprint density at radius 3 is 1.81 bits per heavy atom. The van der Waals surface area contributed by atoms with Gasteiger partial charge in [-0.3, -0.25) is 33.9 Å². The van der Waals surface area contributed by atoms with Crippen LogP contribution in [-0.4, -0.2) is 117 Å². The van der Waals surface area contributed by atoms with Gasteiger partial charge in [0.2, 0.25) is 0 Å². The molecule has 198 valence electrons. The summed E-state index contributed by atoms with van der Waals surface area (Å²) < 4.78 is 0. The molecule has 13 heteroatoms. The standard InChI is InChI=1S/C23H32N4O8S/c1-3-26(12-21(30)31)18(8-17-4-6-19(7-5-17)36-15-24)10-25(11-20(28)29)9-16(2)27(13-22(32)33)14-23(34)35/h4-7,16,18H,3,8-14H2,1-2H3,(H,28,29)(H,30,31)(H,32,33)(H,34,35). The van der Waals surface area contributed by atoms with Crippen LogP contribution in [0.4, 0.5) is 0 Å². The Hall–Kier alpha value is -3.18. The molecule has 0 aromatic heterocycles. The van der Waals surface area contributed by atoms with Gasteiger partial charge < -0.3 is 20.4 Å². The minimum Gasteiger partial charge on any atom is -0.480 e. The molecule has 0 radical (unpaired) electrons. The fraction of sp³-hybridized carbons (Fsp3) is 0.522. The Morgan fingerprint density at radius 2 is 1.36 bits per heavy atom. The van der Waals surface area contributed by atoms with E-state index >= 15 is 0 Å². The molecule has 2 atom stereocenters. The lowest BCUT2D eigenvalue weighted by atomic mass is 10.0. The molecular formula is C23H32N4O8S. The van der Waals surface area contributed by atoms with Crippen LogP contribution in [0.2, 0.25) is 0 Å². The van der Waals surface area contributed by atoms with E-state index in [4.69, 9.17) is 15.5 Å². The Balaban J connectivity index is 3.19. The molecule has 12 nitrogen and oxygen atoms in total. The number of thioether (sulfide) groups is 1. The predicted octanol–water partition coefficient (Wildman–Crippen LogP) is 0.824. The molecule has 0 amide bonds. The van der Waals surface area contributed by atoms with Crippen molar-refractivity contribution in [3.05, 3.63) is 29.8 Å². The normalized spacial score (nSPS) is 12.9. The van der Waals surface area contributed by atoms with Gasteiger partial charge in [0.15, 0.2) is 0 Å². The molecule has 0 saturated heterocycles. The number of hydrogen-bond acceptors (Lipinski definition) is 9. The summed E-state index contributed by atoms with van der Waals surface area (Å²) >= 11 is 1.01. The maximum atomic E-state index is 11.6. The highest BCUT2D eigenvalue weighted by molar-refractivity contribution is 8.03. The van der Waals surface area contributed by atoms with E-state index in [9.17, 15) is 29.4 Å². The van der Waals surface area contributed by atoms with Gasteiger partial charge in [0.05, 0.1) is 26.2 Å². The second-order valence-electron chi connectivity index (χ2n) is 8.28. The average Bonchev–Trinajstić information content (AvgIpc) is 2.76. The van der Waals surface area contributed by atoms with Gasteiger partial charge in [-0.1, -0.05) is 19.1 Å². The first-order valence-electron chi connectivity index (χ1n) is 11.2. The van der Waals surface area contributed by atoms with E-state index in [1.807, 2.05) is 17.5 Å². The maximum Gasteiger partial charge on any atom is 0.317 e. The predicted molar refractivity (Wildman–Crippen MR) is 131 cm³/mol. The fourth-order valence-electron chi connectivity index (χ4n) is 3.90. The van der Waals surface area contributed by atoms with Gasteiger partial charge in [-0.2, -0.15) is 5.26 Å². The number of thiocyanates is 1. The van der Waals surface area contributed by atoms with Crippen LogP contribution >= 0.6 is 11.8 Å². The van der Waals surface area contributed by atoms with Crippen molar-refractivity contribution in [1.82, 2.24) is 14.7 Å². The number of likely N-dealkylation sites (N-methyl/N-ethyl adjacent to an activating group) is 1. The summed E-state index contributed by atoms with van der Waals surface area (Å²) in [5, 5.41) is 48.0. The van der Waals surface area contributed by atoms with Gasteiger partial charge in [0, 0.05) is 30.1 Å². The van der Waals surface area contributed by atoms with E-state index in [1.165, 1.54) is 4.90 Å². The van der Waals surface area contributed by atoms with Crippen molar-refractivity contribution in [3.63, 3.8) is 0 Å². The molecule has 0 aliphatic rings. The number of benzene rings is 1. The summed E-state index contributed by atoms with van der Waals surface area (Å²) in [7, 11) is 0. The molecule has 2 unspecified atom stereocenters. The first-order valence-corrected chi connectivity index (χ1v) is 12.0. The SMILES string of the molecule is CCN(CC(=O)O)C(Cc1ccc(SC#N)cc1)CN(CC(=O)O)CC(C)N(CC(=O)O)CC(=O)O. The molecule has 4 N–H and O–H groups in total. The molecule has 0 saturated carbocycles. The lowest BCUT2D eigenvalue weighted by molar-refractivity contribution is -0.144. The third-order valence-electron chi connectivity index (χ3n) is 5.47. The Bertz CT molecular complexity index is 921. The Labute approximate surface area is 213 Å². The van der Waals surface area contributed by atoms with Crippen LogP contribution in [0.3, 0.4) is 0 Å². The third-order valence-corrected chi connectivity index (χ3v) is 6.07. The highest BCUT2D eigenvalue weighted by Crippen LogP contribution is 2.19. The van der Waals surface area contributed by atoms with Crippen LogP contribution < -0.4 is 0 Å². The summed E-state index contributed by atoms with van der Waals surface area (Å²) in [6.45, 7) is 2.33. The average molecular weight is 525 g/mol. The number of nitriles is 1. The minimum atomic E-state index is -1.21.